The Morgan fingerprint density at radius 2 is 1.49 bits per heavy atom. The molecule has 0 radical (unpaired) electrons. The topological polar surface area (TPSA) is 97.5 Å². The third-order valence-electron chi connectivity index (χ3n) is 4.96. The molecule has 184 valence electrons. The van der Waals surface area contributed by atoms with Gasteiger partial charge in [0.15, 0.2) is 0 Å². The lowest BCUT2D eigenvalue weighted by Gasteiger charge is -2.11. The molecule has 8 heteroatoms. The van der Waals surface area contributed by atoms with Crippen molar-refractivity contribution in [3.8, 4) is 11.5 Å². The molecule has 7 nitrogen and oxygen atoms in total. The molecule has 0 saturated heterocycles. The Bertz CT molecular complexity index is 1320. The van der Waals surface area contributed by atoms with E-state index in [0.717, 1.165) is 22.0 Å². The average Bonchev–Trinajstić information content (AvgIpc) is 3.23. The zero-order valence-electron chi connectivity index (χ0n) is 21.5. The van der Waals surface area contributed by atoms with E-state index in [9.17, 15) is 14.4 Å². The molecule has 3 rings (SSSR count). The molecule has 2 N–H and O–H groups in total. The van der Waals surface area contributed by atoms with Crippen LogP contribution in [0.1, 0.15) is 44.3 Å². The Morgan fingerprint density at radius 1 is 0.914 bits per heavy atom. The molecule has 0 aliphatic heterocycles. The molecule has 0 aliphatic rings. The summed E-state index contributed by atoms with van der Waals surface area (Å²) in [5.41, 5.74) is 8.29. The van der Waals surface area contributed by atoms with Gasteiger partial charge in [-0.25, -0.2) is 9.59 Å². The van der Waals surface area contributed by atoms with Gasteiger partial charge in [0, 0.05) is 29.6 Å². The van der Waals surface area contributed by atoms with Crippen LogP contribution in [-0.4, -0.2) is 45.1 Å². The monoisotopic (exact) mass is 492 g/mol. The Kier molecular flexibility index (Phi) is 9.03. The van der Waals surface area contributed by atoms with Gasteiger partial charge >= 0.3 is 11.9 Å². The van der Waals surface area contributed by atoms with Gasteiger partial charge in [0.05, 0.1) is 31.0 Å². The second-order valence-corrected chi connectivity index (χ2v) is 13.9. The van der Waals surface area contributed by atoms with Crippen molar-refractivity contribution in [1.29, 1.82) is 0 Å². The number of methoxy groups -OCH3 is 2. The number of H-pyrrole nitrogens is 1. The number of aromatic nitrogens is 1. The van der Waals surface area contributed by atoms with Gasteiger partial charge in [-0.05, 0) is 55.3 Å². The number of aromatic amines is 1. The van der Waals surface area contributed by atoms with E-state index in [0.29, 0.717) is 22.4 Å². The zero-order chi connectivity index (χ0) is 26.3. The predicted molar refractivity (Wildman–Crippen MR) is 141 cm³/mol. The maximum Gasteiger partial charge on any atom is 0.338 e. The standard InChI is InChI=1S/C16H21NO3Si.C11H11NO2/c1-11-9-15(17-12(2)18)13(7-8-21(4,5)6)10-14(11)16(19)20-3;1-7-5-10-8(3-4-12-10)6-9(7)11(13)14-2/h9-10H,1-6H3,(H,17,18);3-6,12H,1-2H3. The van der Waals surface area contributed by atoms with Crippen molar-refractivity contribution in [3.05, 3.63) is 64.3 Å². The van der Waals surface area contributed by atoms with Crippen LogP contribution in [0.4, 0.5) is 5.69 Å². The van der Waals surface area contributed by atoms with Crippen molar-refractivity contribution >= 4 is 42.5 Å². The van der Waals surface area contributed by atoms with Gasteiger partial charge in [0.1, 0.15) is 8.07 Å². The van der Waals surface area contributed by atoms with Crippen LogP contribution in [0.25, 0.3) is 10.9 Å². The van der Waals surface area contributed by atoms with Crippen molar-refractivity contribution < 1.29 is 23.9 Å². The van der Waals surface area contributed by atoms with Crippen LogP contribution in [0.5, 0.6) is 0 Å². The summed E-state index contributed by atoms with van der Waals surface area (Å²) in [7, 11) is 1.18. The summed E-state index contributed by atoms with van der Waals surface area (Å²) in [6.45, 7) is 11.5. The molecule has 0 unspecified atom stereocenters. The van der Waals surface area contributed by atoms with E-state index in [1.807, 2.05) is 31.3 Å². The summed E-state index contributed by atoms with van der Waals surface area (Å²) < 4.78 is 9.47. The largest absolute Gasteiger partial charge is 0.465 e. The molecule has 1 heterocycles. The number of aryl methyl sites for hydroxylation is 2. The van der Waals surface area contributed by atoms with E-state index in [2.05, 4.69) is 41.4 Å². The molecule has 0 saturated carbocycles. The minimum Gasteiger partial charge on any atom is -0.465 e. The van der Waals surface area contributed by atoms with Gasteiger partial charge in [-0.1, -0.05) is 25.6 Å². The van der Waals surface area contributed by atoms with Crippen molar-refractivity contribution in [2.24, 2.45) is 0 Å². The summed E-state index contributed by atoms with van der Waals surface area (Å²) in [6, 6.07) is 9.15. The maximum atomic E-state index is 11.8. The number of ether oxygens (including phenoxy) is 2. The number of carbonyl (C=O) groups excluding carboxylic acids is 3. The highest BCUT2D eigenvalue weighted by Crippen LogP contribution is 2.22. The molecule has 35 heavy (non-hydrogen) atoms. The number of amides is 1. The Labute approximate surface area is 207 Å². The quantitative estimate of drug-likeness (QED) is 0.296. The van der Waals surface area contributed by atoms with Crippen LogP contribution in [0, 0.1) is 25.3 Å². The predicted octanol–water partition coefficient (Wildman–Crippen LogP) is 5.23. The minimum absolute atomic E-state index is 0.170. The van der Waals surface area contributed by atoms with Gasteiger partial charge in [0.25, 0.3) is 0 Å². The summed E-state index contributed by atoms with van der Waals surface area (Å²) in [4.78, 5) is 37.5. The summed E-state index contributed by atoms with van der Waals surface area (Å²) in [5.74, 6) is 2.23. The number of fused-ring (bicyclic) bond motifs is 1. The summed E-state index contributed by atoms with van der Waals surface area (Å²) in [5, 5.41) is 3.78. The van der Waals surface area contributed by atoms with Crippen LogP contribution in [0.15, 0.2) is 36.5 Å². The first kappa shape index (κ1) is 27.4. The first-order valence-electron chi connectivity index (χ1n) is 11.1. The highest BCUT2D eigenvalue weighted by Gasteiger charge is 2.15. The van der Waals surface area contributed by atoms with E-state index in [1.165, 1.54) is 21.1 Å². The molecule has 1 aromatic heterocycles. The second-order valence-electron chi connectivity index (χ2n) is 9.11. The smallest absolute Gasteiger partial charge is 0.338 e. The lowest BCUT2D eigenvalue weighted by Crippen LogP contribution is -2.16. The average molecular weight is 493 g/mol. The summed E-state index contributed by atoms with van der Waals surface area (Å²) >= 11 is 0. The first-order valence-corrected chi connectivity index (χ1v) is 14.6. The highest BCUT2D eigenvalue weighted by molar-refractivity contribution is 6.83. The van der Waals surface area contributed by atoms with Crippen molar-refractivity contribution in [1.82, 2.24) is 4.98 Å². The maximum absolute atomic E-state index is 11.8. The SMILES string of the molecule is COC(=O)c1cc(C#C[Si](C)(C)C)c(NC(C)=O)cc1C.COC(=O)c1cc2cc[nH]c2cc1C. The molecule has 0 atom stereocenters. The Balaban J connectivity index is 0.000000266. The third-order valence-corrected chi connectivity index (χ3v) is 5.83. The third kappa shape index (κ3) is 7.59. The molecular weight excluding hydrogens is 460 g/mol. The summed E-state index contributed by atoms with van der Waals surface area (Å²) in [6.07, 6.45) is 1.85. The minimum atomic E-state index is -1.56. The number of hydrogen-bond acceptors (Lipinski definition) is 5. The number of hydrogen-bond donors (Lipinski definition) is 2. The van der Waals surface area contributed by atoms with E-state index in [-0.39, 0.29) is 11.9 Å². The molecule has 0 bridgehead atoms. The Morgan fingerprint density at radius 3 is 2.03 bits per heavy atom. The van der Waals surface area contributed by atoms with E-state index >= 15 is 0 Å². The number of nitrogens with one attached hydrogen (secondary N) is 2. The van der Waals surface area contributed by atoms with Crippen LogP contribution < -0.4 is 5.32 Å². The zero-order valence-corrected chi connectivity index (χ0v) is 22.5. The van der Waals surface area contributed by atoms with Gasteiger partial charge in [-0.2, -0.15) is 0 Å². The number of benzene rings is 2. The van der Waals surface area contributed by atoms with Gasteiger partial charge in [-0.3, -0.25) is 4.79 Å². The fourth-order valence-corrected chi connectivity index (χ4v) is 3.74. The van der Waals surface area contributed by atoms with Gasteiger partial charge in [-0.15, -0.1) is 5.54 Å². The van der Waals surface area contributed by atoms with Gasteiger partial charge in [0.2, 0.25) is 5.91 Å². The number of rotatable bonds is 3. The molecule has 1 amide bonds. The molecule has 2 aromatic carbocycles. The number of anilines is 1. The van der Waals surface area contributed by atoms with Gasteiger partial charge < -0.3 is 19.8 Å². The van der Waals surface area contributed by atoms with E-state index in [4.69, 9.17) is 9.47 Å². The van der Waals surface area contributed by atoms with Crippen molar-refractivity contribution in [2.75, 3.05) is 19.5 Å². The fraction of sp³-hybridized carbons (Fsp3) is 0.296. The number of esters is 2. The fourth-order valence-electron chi connectivity index (χ4n) is 3.23. The molecule has 3 aromatic rings. The van der Waals surface area contributed by atoms with Crippen molar-refractivity contribution in [3.63, 3.8) is 0 Å². The van der Waals surface area contributed by atoms with E-state index < -0.39 is 14.0 Å². The molecule has 0 aliphatic carbocycles. The number of carbonyl (C=O) groups is 3. The second kappa shape index (κ2) is 11.5. The van der Waals surface area contributed by atoms with Crippen LogP contribution in [0.3, 0.4) is 0 Å². The first-order chi connectivity index (χ1) is 16.4. The molecule has 0 fully saturated rings. The highest BCUT2D eigenvalue weighted by atomic mass is 28.3. The van der Waals surface area contributed by atoms with Crippen LogP contribution >= 0.6 is 0 Å². The van der Waals surface area contributed by atoms with Crippen molar-refractivity contribution in [2.45, 2.75) is 40.4 Å². The molecule has 0 spiro atoms. The Hall–Kier alpha value is -3.83. The lowest BCUT2D eigenvalue weighted by molar-refractivity contribution is -0.114. The lowest BCUT2D eigenvalue weighted by atomic mass is 10.0. The molecular formula is C27H32N2O5Si. The van der Waals surface area contributed by atoms with E-state index in [1.54, 1.807) is 19.1 Å². The van der Waals surface area contributed by atoms with Crippen LogP contribution in [-0.2, 0) is 14.3 Å². The van der Waals surface area contributed by atoms with Crippen LogP contribution in [0.2, 0.25) is 19.6 Å². The normalized spacial score (nSPS) is 10.4.